The lowest BCUT2D eigenvalue weighted by Gasteiger charge is -2.23. The summed E-state index contributed by atoms with van der Waals surface area (Å²) in [5.41, 5.74) is -0.0692. The van der Waals surface area contributed by atoms with Crippen LogP contribution in [0.15, 0.2) is 16.6 Å². The Balaban J connectivity index is 1.93. The Kier molecular flexibility index (Phi) is 3.75. The van der Waals surface area contributed by atoms with Crippen molar-refractivity contribution in [2.75, 3.05) is 13.1 Å². The summed E-state index contributed by atoms with van der Waals surface area (Å²) < 4.78 is 14.5. The second-order valence-corrected chi connectivity index (χ2v) is 7.08. The number of likely N-dealkylation sites (tertiary alicyclic amines) is 1. The number of carbonyl (C=O) groups is 2. The fourth-order valence-electron chi connectivity index (χ4n) is 3.80. The number of nitrogens with zero attached hydrogens (tertiary/aromatic N) is 1. The summed E-state index contributed by atoms with van der Waals surface area (Å²) >= 11 is 3.28. The summed E-state index contributed by atoms with van der Waals surface area (Å²) in [6.07, 6.45) is 2.28. The molecule has 0 unspecified atom stereocenters. The molecular weight excluding hydrogens is 353 g/mol. The average molecular weight is 370 g/mol. The van der Waals surface area contributed by atoms with Gasteiger partial charge in [0.1, 0.15) is 5.82 Å². The first-order valence-corrected chi connectivity index (χ1v) is 8.13. The van der Waals surface area contributed by atoms with Gasteiger partial charge in [0.05, 0.1) is 11.0 Å². The molecule has 1 saturated carbocycles. The van der Waals surface area contributed by atoms with Gasteiger partial charge in [0, 0.05) is 17.6 Å². The van der Waals surface area contributed by atoms with Crippen molar-refractivity contribution in [3.05, 3.63) is 33.5 Å². The SMILES string of the molecule is Cc1ccc(F)c(C(=O)N2C[C@@H]3CCC[C@@]3(C(=O)O)C2)c1Br. The Labute approximate surface area is 136 Å². The van der Waals surface area contributed by atoms with Crippen LogP contribution in [0.1, 0.15) is 35.2 Å². The second kappa shape index (κ2) is 5.33. The van der Waals surface area contributed by atoms with Gasteiger partial charge in [0.25, 0.3) is 5.91 Å². The van der Waals surface area contributed by atoms with Crippen LogP contribution in [0.3, 0.4) is 0 Å². The third kappa shape index (κ3) is 2.16. The van der Waals surface area contributed by atoms with Crippen LogP contribution in [0.4, 0.5) is 4.39 Å². The van der Waals surface area contributed by atoms with Crippen LogP contribution in [0.2, 0.25) is 0 Å². The minimum atomic E-state index is -0.845. The molecule has 1 aliphatic heterocycles. The summed E-state index contributed by atoms with van der Waals surface area (Å²) in [4.78, 5) is 25.9. The molecule has 4 nitrogen and oxygen atoms in total. The maximum Gasteiger partial charge on any atom is 0.311 e. The Morgan fingerprint density at radius 1 is 1.45 bits per heavy atom. The molecular formula is C16H17BrFNO3. The fourth-order valence-corrected chi connectivity index (χ4v) is 4.30. The van der Waals surface area contributed by atoms with Crippen molar-refractivity contribution >= 4 is 27.8 Å². The Morgan fingerprint density at radius 3 is 2.82 bits per heavy atom. The van der Waals surface area contributed by atoms with Crippen LogP contribution in [0.25, 0.3) is 0 Å². The van der Waals surface area contributed by atoms with E-state index in [2.05, 4.69) is 15.9 Å². The van der Waals surface area contributed by atoms with Gasteiger partial charge in [-0.15, -0.1) is 0 Å². The number of aliphatic carboxylic acids is 1. The van der Waals surface area contributed by atoms with Crippen molar-refractivity contribution in [1.82, 2.24) is 4.90 Å². The number of benzene rings is 1. The van der Waals surface area contributed by atoms with Gasteiger partial charge in [0.15, 0.2) is 0 Å². The number of rotatable bonds is 2. The molecule has 0 aromatic heterocycles. The number of carboxylic acids is 1. The van der Waals surface area contributed by atoms with Crippen molar-refractivity contribution < 1.29 is 19.1 Å². The van der Waals surface area contributed by atoms with E-state index in [1.807, 2.05) is 0 Å². The lowest BCUT2D eigenvalue weighted by Crippen LogP contribution is -2.37. The number of fused-ring (bicyclic) bond motifs is 1. The topological polar surface area (TPSA) is 57.6 Å². The van der Waals surface area contributed by atoms with Gasteiger partial charge < -0.3 is 10.0 Å². The van der Waals surface area contributed by atoms with E-state index in [1.54, 1.807) is 13.0 Å². The Bertz CT molecular complexity index is 663. The normalized spacial score (nSPS) is 27.0. The molecule has 2 aliphatic rings. The van der Waals surface area contributed by atoms with Gasteiger partial charge >= 0.3 is 5.97 Å². The van der Waals surface area contributed by atoms with E-state index in [1.165, 1.54) is 11.0 Å². The molecule has 1 aliphatic carbocycles. The van der Waals surface area contributed by atoms with Gasteiger partial charge in [-0.05, 0) is 53.2 Å². The van der Waals surface area contributed by atoms with Crippen LogP contribution >= 0.6 is 15.9 Å². The maximum atomic E-state index is 14.1. The van der Waals surface area contributed by atoms with E-state index in [0.29, 0.717) is 17.4 Å². The molecule has 0 spiro atoms. The summed E-state index contributed by atoms with van der Waals surface area (Å²) in [5, 5.41) is 9.58. The van der Waals surface area contributed by atoms with E-state index < -0.39 is 23.1 Å². The average Bonchev–Trinajstić information content (AvgIpc) is 3.01. The Hall–Kier alpha value is -1.43. The second-order valence-electron chi connectivity index (χ2n) is 6.29. The maximum absolute atomic E-state index is 14.1. The molecule has 2 atom stereocenters. The minimum Gasteiger partial charge on any atom is -0.481 e. The van der Waals surface area contributed by atoms with Gasteiger partial charge in [-0.1, -0.05) is 12.5 Å². The molecule has 1 amide bonds. The smallest absolute Gasteiger partial charge is 0.311 e. The van der Waals surface area contributed by atoms with Gasteiger partial charge in [-0.25, -0.2) is 4.39 Å². The van der Waals surface area contributed by atoms with E-state index >= 15 is 0 Å². The lowest BCUT2D eigenvalue weighted by molar-refractivity contribution is -0.149. The summed E-state index contributed by atoms with van der Waals surface area (Å²) in [6.45, 7) is 2.36. The standard InChI is InChI=1S/C16H17BrFNO3/c1-9-4-5-11(18)12(13(9)17)14(20)19-7-10-3-2-6-16(10,8-19)15(21)22/h4-5,10H,2-3,6-8H2,1H3,(H,21,22)/t10-,16+/m0/s1. The van der Waals surface area contributed by atoms with E-state index in [9.17, 15) is 19.1 Å². The molecule has 1 aromatic rings. The zero-order valence-electron chi connectivity index (χ0n) is 12.2. The van der Waals surface area contributed by atoms with Gasteiger partial charge in [-0.3, -0.25) is 9.59 Å². The summed E-state index contributed by atoms with van der Waals surface area (Å²) in [6, 6.07) is 2.88. The predicted octanol–water partition coefficient (Wildman–Crippen LogP) is 3.22. The predicted molar refractivity (Wildman–Crippen MR) is 82.2 cm³/mol. The highest BCUT2D eigenvalue weighted by atomic mass is 79.9. The first-order valence-electron chi connectivity index (χ1n) is 7.34. The quantitative estimate of drug-likeness (QED) is 0.870. The minimum absolute atomic E-state index is 0.000474. The number of hydrogen-bond donors (Lipinski definition) is 1. The zero-order valence-corrected chi connectivity index (χ0v) is 13.8. The fraction of sp³-hybridized carbons (Fsp3) is 0.500. The van der Waals surface area contributed by atoms with Crippen molar-refractivity contribution in [2.45, 2.75) is 26.2 Å². The highest BCUT2D eigenvalue weighted by Crippen LogP contribution is 2.49. The lowest BCUT2D eigenvalue weighted by atomic mass is 9.81. The Morgan fingerprint density at radius 2 is 2.18 bits per heavy atom. The molecule has 1 N–H and O–H groups in total. The van der Waals surface area contributed by atoms with Gasteiger partial charge in [-0.2, -0.15) is 0 Å². The van der Waals surface area contributed by atoms with Crippen molar-refractivity contribution in [3.63, 3.8) is 0 Å². The van der Waals surface area contributed by atoms with Crippen LogP contribution in [0.5, 0.6) is 0 Å². The van der Waals surface area contributed by atoms with Crippen molar-refractivity contribution in [1.29, 1.82) is 0 Å². The highest BCUT2D eigenvalue weighted by molar-refractivity contribution is 9.10. The number of amides is 1. The molecule has 1 aromatic carbocycles. The third-order valence-electron chi connectivity index (χ3n) is 5.08. The number of carboxylic acid groups (broad SMARTS) is 1. The first-order chi connectivity index (χ1) is 10.4. The molecule has 118 valence electrons. The summed E-state index contributed by atoms with van der Waals surface area (Å²) in [5.74, 6) is -1.87. The van der Waals surface area contributed by atoms with E-state index in [0.717, 1.165) is 18.4 Å². The van der Waals surface area contributed by atoms with E-state index in [4.69, 9.17) is 0 Å². The third-order valence-corrected chi connectivity index (χ3v) is 6.10. The largest absolute Gasteiger partial charge is 0.481 e. The number of halogens is 2. The first kappa shape index (κ1) is 15.5. The molecule has 22 heavy (non-hydrogen) atoms. The molecule has 1 heterocycles. The van der Waals surface area contributed by atoms with Crippen LogP contribution in [-0.2, 0) is 4.79 Å². The molecule has 6 heteroatoms. The monoisotopic (exact) mass is 369 g/mol. The molecule has 0 bridgehead atoms. The van der Waals surface area contributed by atoms with Crippen LogP contribution in [-0.4, -0.2) is 35.0 Å². The number of carbonyl (C=O) groups excluding carboxylic acids is 1. The van der Waals surface area contributed by atoms with Crippen molar-refractivity contribution in [2.24, 2.45) is 11.3 Å². The van der Waals surface area contributed by atoms with Crippen molar-refractivity contribution in [3.8, 4) is 0 Å². The molecule has 3 rings (SSSR count). The molecule has 2 fully saturated rings. The van der Waals surface area contributed by atoms with E-state index in [-0.39, 0.29) is 18.0 Å². The van der Waals surface area contributed by atoms with Gasteiger partial charge in [0.2, 0.25) is 0 Å². The molecule has 0 radical (unpaired) electrons. The van der Waals surface area contributed by atoms with Crippen LogP contribution < -0.4 is 0 Å². The summed E-state index contributed by atoms with van der Waals surface area (Å²) in [7, 11) is 0. The molecule has 1 saturated heterocycles. The zero-order chi connectivity index (χ0) is 16.1. The number of hydrogen-bond acceptors (Lipinski definition) is 2. The highest BCUT2D eigenvalue weighted by Gasteiger charge is 2.56. The van der Waals surface area contributed by atoms with Crippen LogP contribution in [0, 0.1) is 24.1 Å². The number of aryl methyl sites for hydroxylation is 1.